The molecular formula is C33H44ClN5OSi. The molecule has 0 bridgehead atoms. The molecule has 6 nitrogen and oxygen atoms in total. The molecule has 4 aromatic rings. The number of nitrogens with two attached hydrogens (primary N) is 1. The summed E-state index contributed by atoms with van der Waals surface area (Å²) in [6.07, 6.45) is 5.14. The van der Waals surface area contributed by atoms with Gasteiger partial charge < -0.3 is 10.2 Å². The van der Waals surface area contributed by atoms with Gasteiger partial charge in [-0.3, -0.25) is 4.57 Å². The zero-order valence-corrected chi connectivity index (χ0v) is 27.5. The molecule has 3 atom stereocenters. The van der Waals surface area contributed by atoms with Crippen molar-refractivity contribution in [2.75, 3.05) is 5.73 Å². The highest BCUT2D eigenvalue weighted by atomic mass is 35.5. The first kappa shape index (κ1) is 29.7. The van der Waals surface area contributed by atoms with Crippen LogP contribution in [-0.2, 0) is 10.0 Å². The number of hydrogen-bond acceptors (Lipinski definition) is 5. The van der Waals surface area contributed by atoms with E-state index in [1.165, 1.54) is 18.4 Å². The van der Waals surface area contributed by atoms with Crippen LogP contribution in [0.25, 0.3) is 28.2 Å². The number of nitrogen functional groups attached to an aromatic ring is 1. The fourth-order valence-corrected chi connectivity index (χ4v) is 8.03. The molecule has 218 valence electrons. The summed E-state index contributed by atoms with van der Waals surface area (Å²) in [5.41, 5.74) is 10.4. The number of imidazole rings is 1. The van der Waals surface area contributed by atoms with Crippen molar-refractivity contribution in [3.05, 3.63) is 65.4 Å². The van der Waals surface area contributed by atoms with Crippen LogP contribution in [0.3, 0.4) is 0 Å². The molecule has 1 fully saturated rings. The van der Waals surface area contributed by atoms with E-state index in [9.17, 15) is 0 Å². The first-order chi connectivity index (χ1) is 19.2. The Morgan fingerprint density at radius 1 is 1.05 bits per heavy atom. The van der Waals surface area contributed by atoms with Gasteiger partial charge in [-0.05, 0) is 90.7 Å². The summed E-state index contributed by atoms with van der Waals surface area (Å²) < 4.78 is 9.58. The van der Waals surface area contributed by atoms with Crippen molar-refractivity contribution < 1.29 is 4.43 Å². The lowest BCUT2D eigenvalue weighted by Gasteiger charge is -2.54. The SMILES string of the molecule is CC1CCC(C(C)C)C(O[Si](C)(C)C(C)(C)C)(c2ccc(-n3c(-c4cccnc4N)nc4ccc(Cl)nc43)cc2)C1. The van der Waals surface area contributed by atoms with Crippen LogP contribution in [0.2, 0.25) is 23.3 Å². The molecule has 1 saturated carbocycles. The lowest BCUT2D eigenvalue weighted by atomic mass is 9.64. The number of anilines is 1. The predicted molar refractivity (Wildman–Crippen MR) is 173 cm³/mol. The fraction of sp³-hybridized carbons (Fsp3) is 0.485. The number of halogens is 1. The summed E-state index contributed by atoms with van der Waals surface area (Å²) in [6, 6.07) is 16.3. The molecule has 5 rings (SSSR count). The van der Waals surface area contributed by atoms with Crippen molar-refractivity contribution >= 4 is 36.9 Å². The maximum absolute atomic E-state index is 7.55. The Balaban J connectivity index is 1.68. The lowest BCUT2D eigenvalue weighted by molar-refractivity contribution is -0.0745. The monoisotopic (exact) mass is 589 g/mol. The van der Waals surface area contributed by atoms with E-state index >= 15 is 0 Å². The normalized spacial score (nSPS) is 22.0. The largest absolute Gasteiger partial charge is 0.407 e. The van der Waals surface area contributed by atoms with Crippen molar-refractivity contribution in [1.82, 2.24) is 19.5 Å². The molecule has 0 aliphatic heterocycles. The number of aromatic nitrogens is 4. The molecule has 2 N–H and O–H groups in total. The van der Waals surface area contributed by atoms with Gasteiger partial charge in [0.2, 0.25) is 0 Å². The molecule has 3 unspecified atom stereocenters. The Kier molecular flexibility index (Phi) is 7.85. The van der Waals surface area contributed by atoms with Crippen LogP contribution in [0.1, 0.15) is 66.4 Å². The zero-order chi connectivity index (χ0) is 29.7. The van der Waals surface area contributed by atoms with Crippen LogP contribution >= 0.6 is 11.6 Å². The average Bonchev–Trinajstić information content (AvgIpc) is 3.26. The number of rotatable bonds is 6. The van der Waals surface area contributed by atoms with Crippen LogP contribution in [0, 0.1) is 17.8 Å². The van der Waals surface area contributed by atoms with Gasteiger partial charge in [-0.25, -0.2) is 15.0 Å². The second-order valence-electron chi connectivity index (χ2n) is 13.7. The Hall–Kier alpha value is -2.74. The third-order valence-electron chi connectivity index (χ3n) is 9.43. The van der Waals surface area contributed by atoms with E-state index in [1.54, 1.807) is 12.3 Å². The minimum Gasteiger partial charge on any atom is -0.407 e. The molecule has 1 aromatic carbocycles. The van der Waals surface area contributed by atoms with Crippen molar-refractivity contribution in [2.45, 2.75) is 84.5 Å². The first-order valence-corrected chi connectivity index (χ1v) is 18.1. The van der Waals surface area contributed by atoms with Crippen LogP contribution in [0.5, 0.6) is 0 Å². The zero-order valence-electron chi connectivity index (χ0n) is 25.7. The average molecular weight is 590 g/mol. The molecule has 3 heterocycles. The van der Waals surface area contributed by atoms with Crippen molar-refractivity contribution in [3.8, 4) is 17.1 Å². The summed E-state index contributed by atoms with van der Waals surface area (Å²) in [7, 11) is -2.09. The summed E-state index contributed by atoms with van der Waals surface area (Å²) in [5.74, 6) is 2.66. The van der Waals surface area contributed by atoms with Crippen LogP contribution in [-0.4, -0.2) is 27.8 Å². The minimum atomic E-state index is -2.09. The summed E-state index contributed by atoms with van der Waals surface area (Å²) in [4.78, 5) is 13.9. The highest BCUT2D eigenvalue weighted by molar-refractivity contribution is 6.74. The third kappa shape index (κ3) is 5.44. The van der Waals surface area contributed by atoms with E-state index in [4.69, 9.17) is 26.7 Å². The highest BCUT2D eigenvalue weighted by Crippen LogP contribution is 2.54. The lowest BCUT2D eigenvalue weighted by Crippen LogP contribution is -2.54. The van der Waals surface area contributed by atoms with Crippen LogP contribution in [0.15, 0.2) is 54.7 Å². The van der Waals surface area contributed by atoms with E-state index in [1.807, 2.05) is 22.8 Å². The van der Waals surface area contributed by atoms with Gasteiger partial charge in [0.25, 0.3) is 0 Å². The number of pyridine rings is 2. The fourth-order valence-electron chi connectivity index (χ4n) is 6.32. The van der Waals surface area contributed by atoms with Crippen molar-refractivity contribution in [2.24, 2.45) is 17.8 Å². The van der Waals surface area contributed by atoms with Gasteiger partial charge in [0, 0.05) is 11.9 Å². The second-order valence-corrected chi connectivity index (χ2v) is 18.8. The van der Waals surface area contributed by atoms with Crippen LogP contribution in [0.4, 0.5) is 5.82 Å². The smallest absolute Gasteiger partial charge is 0.193 e. The third-order valence-corrected chi connectivity index (χ3v) is 14.1. The molecule has 8 heteroatoms. The Labute approximate surface area is 250 Å². The summed E-state index contributed by atoms with van der Waals surface area (Å²) in [5, 5.41) is 0.528. The quantitative estimate of drug-likeness (QED) is 0.179. The molecule has 0 radical (unpaired) electrons. The van der Waals surface area contributed by atoms with E-state index in [0.717, 1.165) is 23.2 Å². The number of fused-ring (bicyclic) bond motifs is 1. The van der Waals surface area contributed by atoms with Crippen molar-refractivity contribution in [1.29, 1.82) is 0 Å². The van der Waals surface area contributed by atoms with Gasteiger partial charge in [0.15, 0.2) is 19.8 Å². The Morgan fingerprint density at radius 2 is 1.76 bits per heavy atom. The molecular weight excluding hydrogens is 546 g/mol. The first-order valence-electron chi connectivity index (χ1n) is 14.8. The summed E-state index contributed by atoms with van der Waals surface area (Å²) in [6.45, 7) is 18.9. The number of benzene rings is 1. The topological polar surface area (TPSA) is 78.9 Å². The highest BCUT2D eigenvalue weighted by Gasteiger charge is 2.52. The summed E-state index contributed by atoms with van der Waals surface area (Å²) >= 11 is 6.37. The second kappa shape index (κ2) is 10.8. The van der Waals surface area contributed by atoms with E-state index in [-0.39, 0.29) is 10.6 Å². The van der Waals surface area contributed by atoms with Gasteiger partial charge in [-0.2, -0.15) is 0 Å². The molecule has 0 spiro atoms. The molecule has 1 aliphatic rings. The molecule has 0 amide bonds. The van der Waals surface area contributed by atoms with Gasteiger partial charge in [0.1, 0.15) is 16.5 Å². The Morgan fingerprint density at radius 3 is 2.39 bits per heavy atom. The molecule has 0 saturated heterocycles. The van der Waals surface area contributed by atoms with E-state index < -0.39 is 8.32 Å². The maximum Gasteiger partial charge on any atom is 0.193 e. The van der Waals surface area contributed by atoms with E-state index in [0.29, 0.717) is 40.2 Å². The van der Waals surface area contributed by atoms with Gasteiger partial charge >= 0.3 is 0 Å². The molecule has 1 aliphatic carbocycles. The van der Waals surface area contributed by atoms with Gasteiger partial charge in [-0.1, -0.05) is 71.7 Å². The van der Waals surface area contributed by atoms with Gasteiger partial charge in [-0.15, -0.1) is 0 Å². The standard InChI is InChI=1S/C33H44ClN5OSi/c1-21(2)26-16-11-22(3)20-33(26,40-41(7,8)32(4,5)6)23-12-14-24(15-13-23)39-30(25-10-9-19-36-29(25)35)37-27-17-18-28(34)38-31(27)39/h9-10,12-15,17-19,21-22,26H,11,16,20H2,1-8H3,(H2,35,36). The van der Waals surface area contributed by atoms with Gasteiger partial charge in [0.05, 0.1) is 11.2 Å². The predicted octanol–water partition coefficient (Wildman–Crippen LogP) is 9.03. The molecule has 3 aromatic heterocycles. The minimum absolute atomic E-state index is 0.112. The number of nitrogens with zero attached hydrogens (tertiary/aromatic N) is 4. The maximum atomic E-state index is 7.55. The molecule has 41 heavy (non-hydrogen) atoms. The van der Waals surface area contributed by atoms with E-state index in [2.05, 4.69) is 88.9 Å². The van der Waals surface area contributed by atoms with Crippen molar-refractivity contribution in [3.63, 3.8) is 0 Å². The van der Waals surface area contributed by atoms with Crippen LogP contribution < -0.4 is 5.73 Å². The Bertz CT molecular complexity index is 1540. The number of hydrogen-bond donors (Lipinski definition) is 1.